The van der Waals surface area contributed by atoms with Gasteiger partial charge in [-0.15, -0.1) is 5.10 Å². The number of hydrogen-bond acceptors (Lipinski definition) is 5. The molecule has 1 aliphatic carbocycles. The molecule has 3 N–H and O–H groups in total. The van der Waals surface area contributed by atoms with Crippen LogP contribution >= 0.6 is 0 Å². The number of aliphatic hydroxyl groups excluding tert-OH is 1. The van der Waals surface area contributed by atoms with Gasteiger partial charge in [-0.1, -0.05) is 6.92 Å². The van der Waals surface area contributed by atoms with E-state index in [2.05, 4.69) is 40.0 Å². The minimum absolute atomic E-state index is 0.131. The molecular formula is C21H33N5O. The zero-order valence-corrected chi connectivity index (χ0v) is 16.6. The van der Waals surface area contributed by atoms with Gasteiger partial charge in [-0.25, -0.2) is 9.50 Å². The van der Waals surface area contributed by atoms with Gasteiger partial charge in [0.2, 0.25) is 5.95 Å². The Morgan fingerprint density at radius 2 is 1.93 bits per heavy atom. The van der Waals surface area contributed by atoms with Crippen molar-refractivity contribution in [2.75, 3.05) is 18.4 Å². The van der Waals surface area contributed by atoms with Crippen LogP contribution < -0.4 is 10.6 Å². The first-order valence-electron chi connectivity index (χ1n) is 10.7. The molecular weight excluding hydrogens is 338 g/mol. The quantitative estimate of drug-likeness (QED) is 0.751. The summed E-state index contributed by atoms with van der Waals surface area (Å²) in [4.78, 5) is 4.62. The van der Waals surface area contributed by atoms with Crippen LogP contribution in [0, 0.1) is 0 Å². The zero-order valence-electron chi connectivity index (χ0n) is 16.6. The number of aromatic nitrogens is 3. The molecule has 1 saturated carbocycles. The number of aliphatic hydroxyl groups is 1. The topological polar surface area (TPSA) is 74.5 Å². The lowest BCUT2D eigenvalue weighted by Crippen LogP contribution is -2.26. The molecule has 27 heavy (non-hydrogen) atoms. The van der Waals surface area contributed by atoms with E-state index < -0.39 is 0 Å². The van der Waals surface area contributed by atoms with Gasteiger partial charge in [-0.3, -0.25) is 0 Å². The van der Waals surface area contributed by atoms with Crippen molar-refractivity contribution in [1.82, 2.24) is 19.9 Å². The Kier molecular flexibility index (Phi) is 5.64. The molecule has 2 aliphatic rings. The van der Waals surface area contributed by atoms with Crippen LogP contribution in [0.25, 0.3) is 5.52 Å². The third-order valence-corrected chi connectivity index (χ3v) is 6.46. The van der Waals surface area contributed by atoms with Crippen LogP contribution in [-0.2, 0) is 0 Å². The molecule has 1 atom stereocenters. The number of nitrogens with zero attached hydrogens (tertiary/aromatic N) is 3. The zero-order chi connectivity index (χ0) is 18.8. The average molecular weight is 372 g/mol. The number of hydrogen-bond donors (Lipinski definition) is 3. The maximum Gasteiger partial charge on any atom is 0.241 e. The molecule has 1 aliphatic heterocycles. The molecule has 6 heteroatoms. The van der Waals surface area contributed by atoms with Gasteiger partial charge >= 0.3 is 0 Å². The van der Waals surface area contributed by atoms with Gasteiger partial charge in [0.25, 0.3) is 0 Å². The molecule has 3 heterocycles. The van der Waals surface area contributed by atoms with Crippen molar-refractivity contribution >= 4 is 11.5 Å². The summed E-state index contributed by atoms with van der Waals surface area (Å²) in [6.45, 7) is 6.50. The average Bonchev–Trinajstić information content (AvgIpc) is 3.08. The van der Waals surface area contributed by atoms with E-state index in [0.717, 1.165) is 50.7 Å². The Bertz CT molecular complexity index is 759. The third-order valence-electron chi connectivity index (χ3n) is 6.46. The molecule has 0 unspecified atom stereocenters. The standard InChI is InChI=1S/C21H33N5O/c1-3-14(2)24-21-23-13-20-18(15-8-10-22-11-9-15)12-19(26(20)25-21)16-4-6-17(27)7-5-16/h12-17,22,27H,3-11H2,1-2H3,(H,24,25)/t14-,16?,17?/m0/s1. The van der Waals surface area contributed by atoms with Crippen LogP contribution in [0.15, 0.2) is 12.3 Å². The fourth-order valence-corrected chi connectivity index (χ4v) is 4.55. The highest BCUT2D eigenvalue weighted by Gasteiger charge is 2.27. The van der Waals surface area contributed by atoms with E-state index in [1.807, 2.05) is 6.20 Å². The predicted octanol–water partition coefficient (Wildman–Crippen LogP) is 3.43. The lowest BCUT2D eigenvalue weighted by atomic mass is 9.84. The van der Waals surface area contributed by atoms with Crippen LogP contribution in [0.5, 0.6) is 0 Å². The number of nitrogens with one attached hydrogen (secondary N) is 2. The van der Waals surface area contributed by atoms with Crippen molar-refractivity contribution in [3.8, 4) is 0 Å². The van der Waals surface area contributed by atoms with Crippen molar-refractivity contribution in [1.29, 1.82) is 0 Å². The van der Waals surface area contributed by atoms with Crippen LogP contribution in [0.4, 0.5) is 5.95 Å². The Balaban J connectivity index is 1.72. The van der Waals surface area contributed by atoms with Gasteiger partial charge in [0.1, 0.15) is 0 Å². The second-order valence-electron chi connectivity index (χ2n) is 8.39. The van der Waals surface area contributed by atoms with E-state index in [0.29, 0.717) is 23.8 Å². The number of anilines is 1. The Hall–Kier alpha value is -1.66. The number of piperidine rings is 1. The minimum atomic E-state index is -0.131. The first kappa shape index (κ1) is 18.7. The van der Waals surface area contributed by atoms with E-state index in [9.17, 15) is 5.11 Å². The predicted molar refractivity (Wildman–Crippen MR) is 108 cm³/mol. The summed E-state index contributed by atoms with van der Waals surface area (Å²) in [6, 6.07) is 2.75. The molecule has 0 spiro atoms. The molecule has 6 nitrogen and oxygen atoms in total. The number of fused-ring (bicyclic) bond motifs is 1. The van der Waals surface area contributed by atoms with Gasteiger partial charge in [0, 0.05) is 17.7 Å². The molecule has 2 aromatic rings. The monoisotopic (exact) mass is 371 g/mol. The van der Waals surface area contributed by atoms with Crippen molar-refractivity contribution in [3.05, 3.63) is 23.5 Å². The van der Waals surface area contributed by atoms with E-state index in [1.54, 1.807) is 0 Å². The number of rotatable bonds is 5. The normalized spacial score (nSPS) is 25.6. The van der Waals surface area contributed by atoms with Gasteiger partial charge < -0.3 is 15.7 Å². The Morgan fingerprint density at radius 3 is 2.63 bits per heavy atom. The first-order chi connectivity index (χ1) is 13.2. The van der Waals surface area contributed by atoms with Gasteiger partial charge in [-0.05, 0) is 82.5 Å². The fraction of sp³-hybridized carbons (Fsp3) is 0.714. The minimum Gasteiger partial charge on any atom is -0.393 e. The molecule has 2 fully saturated rings. The molecule has 0 radical (unpaired) electrons. The van der Waals surface area contributed by atoms with Crippen molar-refractivity contribution in [2.45, 2.75) is 82.8 Å². The summed E-state index contributed by atoms with van der Waals surface area (Å²) < 4.78 is 2.15. The smallest absolute Gasteiger partial charge is 0.241 e. The summed E-state index contributed by atoms with van der Waals surface area (Å²) in [5, 5.41) is 21.7. The summed E-state index contributed by atoms with van der Waals surface area (Å²) in [7, 11) is 0. The molecule has 0 bridgehead atoms. The van der Waals surface area contributed by atoms with Crippen LogP contribution in [0.1, 0.15) is 81.9 Å². The maximum atomic E-state index is 9.92. The van der Waals surface area contributed by atoms with Crippen molar-refractivity contribution in [3.63, 3.8) is 0 Å². The Labute approximate surface area is 161 Å². The Morgan fingerprint density at radius 1 is 1.19 bits per heavy atom. The lowest BCUT2D eigenvalue weighted by molar-refractivity contribution is 0.121. The van der Waals surface area contributed by atoms with E-state index in [-0.39, 0.29) is 6.10 Å². The van der Waals surface area contributed by atoms with Crippen molar-refractivity contribution < 1.29 is 5.11 Å². The first-order valence-corrected chi connectivity index (χ1v) is 10.7. The molecule has 148 valence electrons. The third kappa shape index (κ3) is 3.97. The van der Waals surface area contributed by atoms with Gasteiger partial charge in [-0.2, -0.15) is 0 Å². The maximum absolute atomic E-state index is 9.92. The SMILES string of the molecule is CC[C@H](C)Nc1ncc2c(C3CCNCC3)cc(C3CCC(O)CC3)n2n1. The second kappa shape index (κ2) is 8.15. The fourth-order valence-electron chi connectivity index (χ4n) is 4.55. The highest BCUT2D eigenvalue weighted by atomic mass is 16.3. The summed E-state index contributed by atoms with van der Waals surface area (Å²) >= 11 is 0. The summed E-state index contributed by atoms with van der Waals surface area (Å²) in [5.74, 6) is 1.77. The van der Waals surface area contributed by atoms with E-state index >= 15 is 0 Å². The largest absolute Gasteiger partial charge is 0.393 e. The van der Waals surface area contributed by atoms with Crippen molar-refractivity contribution in [2.24, 2.45) is 0 Å². The van der Waals surface area contributed by atoms with Crippen LogP contribution in [0.2, 0.25) is 0 Å². The molecule has 0 aromatic carbocycles. The van der Waals surface area contributed by atoms with Crippen LogP contribution in [0.3, 0.4) is 0 Å². The lowest BCUT2D eigenvalue weighted by Gasteiger charge is -2.25. The highest BCUT2D eigenvalue weighted by Crippen LogP contribution is 2.38. The molecule has 0 amide bonds. The summed E-state index contributed by atoms with van der Waals surface area (Å²) in [5.41, 5.74) is 3.88. The molecule has 1 saturated heterocycles. The van der Waals surface area contributed by atoms with E-state index in [1.165, 1.54) is 24.1 Å². The van der Waals surface area contributed by atoms with Crippen LogP contribution in [-0.4, -0.2) is 44.9 Å². The summed E-state index contributed by atoms with van der Waals surface area (Å²) in [6.07, 6.45) is 9.14. The molecule has 2 aromatic heterocycles. The van der Waals surface area contributed by atoms with Gasteiger partial charge in [0.05, 0.1) is 17.8 Å². The van der Waals surface area contributed by atoms with E-state index in [4.69, 9.17) is 5.10 Å². The second-order valence-corrected chi connectivity index (χ2v) is 8.39. The molecule has 4 rings (SSSR count). The van der Waals surface area contributed by atoms with Gasteiger partial charge in [0.15, 0.2) is 0 Å². The highest BCUT2D eigenvalue weighted by molar-refractivity contribution is 5.58.